The van der Waals surface area contributed by atoms with Crippen LogP contribution in [-0.2, 0) is 18.3 Å². The highest BCUT2D eigenvalue weighted by Gasteiger charge is 2.25. The highest BCUT2D eigenvalue weighted by molar-refractivity contribution is 6.10. The van der Waals surface area contributed by atoms with Crippen molar-refractivity contribution < 1.29 is 9.59 Å². The van der Waals surface area contributed by atoms with Gasteiger partial charge >= 0.3 is 0 Å². The zero-order valence-corrected chi connectivity index (χ0v) is 9.28. The van der Waals surface area contributed by atoms with Crippen LogP contribution in [0.4, 0.5) is 0 Å². The molecule has 2 aromatic rings. The Morgan fingerprint density at radius 1 is 1.18 bits per heavy atom. The fourth-order valence-electron chi connectivity index (χ4n) is 2.29. The Labute approximate surface area is 97.4 Å². The minimum Gasteiger partial charge on any atom is -0.346 e. The van der Waals surface area contributed by atoms with E-state index >= 15 is 0 Å². The molecule has 0 saturated carbocycles. The van der Waals surface area contributed by atoms with Crippen molar-refractivity contribution in [2.24, 2.45) is 7.05 Å². The minimum atomic E-state index is -0.261. The number of benzene rings is 1. The molecule has 5 heteroatoms. The van der Waals surface area contributed by atoms with Gasteiger partial charge in [0.25, 0.3) is 5.91 Å². The van der Waals surface area contributed by atoms with Crippen LogP contribution < -0.4 is 10.9 Å². The van der Waals surface area contributed by atoms with E-state index in [4.69, 9.17) is 0 Å². The van der Waals surface area contributed by atoms with Gasteiger partial charge < -0.3 is 4.57 Å². The third-order valence-corrected chi connectivity index (χ3v) is 3.10. The molecule has 5 nitrogen and oxygen atoms in total. The quantitative estimate of drug-likeness (QED) is 0.690. The smallest absolute Gasteiger partial charge is 0.272 e. The van der Waals surface area contributed by atoms with Crippen LogP contribution in [0.25, 0.3) is 10.9 Å². The van der Waals surface area contributed by atoms with Crippen molar-refractivity contribution in [2.45, 2.75) is 6.42 Å². The average molecular weight is 229 g/mol. The molecule has 1 aliphatic heterocycles. The molecule has 86 valence electrons. The van der Waals surface area contributed by atoms with Gasteiger partial charge in [-0.1, -0.05) is 18.2 Å². The van der Waals surface area contributed by atoms with Crippen LogP contribution in [0.5, 0.6) is 0 Å². The Morgan fingerprint density at radius 2 is 1.94 bits per heavy atom. The zero-order valence-electron chi connectivity index (χ0n) is 9.28. The van der Waals surface area contributed by atoms with Crippen molar-refractivity contribution in [3.8, 4) is 0 Å². The van der Waals surface area contributed by atoms with E-state index in [1.807, 2.05) is 35.9 Å². The van der Waals surface area contributed by atoms with E-state index in [1.54, 1.807) is 0 Å². The lowest BCUT2D eigenvalue weighted by Crippen LogP contribution is -2.39. The predicted molar refractivity (Wildman–Crippen MR) is 62.2 cm³/mol. The molecule has 0 fully saturated rings. The number of aromatic nitrogens is 1. The van der Waals surface area contributed by atoms with Crippen LogP contribution in [0.1, 0.15) is 16.1 Å². The number of nitrogens with one attached hydrogen (secondary N) is 2. The minimum absolute atomic E-state index is 0.206. The largest absolute Gasteiger partial charge is 0.346 e. The van der Waals surface area contributed by atoms with Crippen LogP contribution in [0.3, 0.4) is 0 Å². The maximum Gasteiger partial charge on any atom is 0.272 e. The standard InChI is InChI=1S/C12H11N3O2/c1-15-8-5-3-2-4-7(8)11-9(15)6-10(16)13-14-12(11)17/h2-5H,6H2,1H3,(H,13,16)(H,14,17). The Morgan fingerprint density at radius 3 is 2.76 bits per heavy atom. The van der Waals surface area contributed by atoms with Gasteiger partial charge in [-0.15, -0.1) is 0 Å². The molecule has 2 heterocycles. The summed E-state index contributed by atoms with van der Waals surface area (Å²) in [5.74, 6) is -0.467. The van der Waals surface area contributed by atoms with Crippen molar-refractivity contribution in [1.82, 2.24) is 15.4 Å². The maximum atomic E-state index is 11.9. The van der Waals surface area contributed by atoms with E-state index in [1.165, 1.54) is 0 Å². The van der Waals surface area contributed by atoms with Crippen molar-refractivity contribution in [1.29, 1.82) is 0 Å². The molecule has 2 N–H and O–H groups in total. The first-order valence-electron chi connectivity index (χ1n) is 5.34. The third kappa shape index (κ3) is 1.32. The topological polar surface area (TPSA) is 63.1 Å². The molecule has 0 atom stereocenters. The molecule has 1 aliphatic rings. The summed E-state index contributed by atoms with van der Waals surface area (Å²) in [6.45, 7) is 0. The molecule has 2 amide bonds. The zero-order chi connectivity index (χ0) is 12.0. The highest BCUT2D eigenvalue weighted by atomic mass is 16.2. The summed E-state index contributed by atoms with van der Waals surface area (Å²) in [6.07, 6.45) is 0.208. The van der Waals surface area contributed by atoms with Gasteiger partial charge in [0.15, 0.2) is 0 Å². The lowest BCUT2D eigenvalue weighted by atomic mass is 10.1. The monoisotopic (exact) mass is 229 g/mol. The van der Waals surface area contributed by atoms with Gasteiger partial charge in [-0.3, -0.25) is 20.4 Å². The fraction of sp³-hybridized carbons (Fsp3) is 0.167. The molecule has 0 bridgehead atoms. The Bertz CT molecular complexity index is 642. The summed E-state index contributed by atoms with van der Waals surface area (Å²) in [5.41, 5.74) is 7.07. The average Bonchev–Trinajstić information content (AvgIpc) is 2.50. The van der Waals surface area contributed by atoms with E-state index in [2.05, 4.69) is 10.9 Å². The molecule has 0 saturated heterocycles. The summed E-state index contributed by atoms with van der Waals surface area (Å²) in [5, 5.41) is 0.874. The van der Waals surface area contributed by atoms with E-state index in [0.717, 1.165) is 16.6 Å². The van der Waals surface area contributed by atoms with E-state index in [0.29, 0.717) is 5.56 Å². The summed E-state index contributed by atoms with van der Waals surface area (Å²) in [6, 6.07) is 7.63. The van der Waals surface area contributed by atoms with E-state index < -0.39 is 0 Å². The molecule has 17 heavy (non-hydrogen) atoms. The first kappa shape index (κ1) is 9.89. The second-order valence-electron chi connectivity index (χ2n) is 4.08. The third-order valence-electron chi connectivity index (χ3n) is 3.10. The Kier molecular flexibility index (Phi) is 1.95. The summed E-state index contributed by atoms with van der Waals surface area (Å²) >= 11 is 0. The number of rotatable bonds is 0. The number of hydrogen-bond acceptors (Lipinski definition) is 2. The van der Waals surface area contributed by atoms with Gasteiger partial charge in [0.1, 0.15) is 0 Å². The van der Waals surface area contributed by atoms with E-state index in [9.17, 15) is 9.59 Å². The number of aryl methyl sites for hydroxylation is 1. The first-order chi connectivity index (χ1) is 8.18. The number of amides is 2. The van der Waals surface area contributed by atoms with Gasteiger partial charge in [-0.2, -0.15) is 0 Å². The van der Waals surface area contributed by atoms with Crippen molar-refractivity contribution in [3.05, 3.63) is 35.5 Å². The molecule has 0 spiro atoms. The van der Waals surface area contributed by atoms with E-state index in [-0.39, 0.29) is 18.2 Å². The van der Waals surface area contributed by atoms with Crippen molar-refractivity contribution in [3.63, 3.8) is 0 Å². The highest BCUT2D eigenvalue weighted by Crippen LogP contribution is 2.26. The Balaban J connectivity index is 2.39. The number of carbonyl (C=O) groups excluding carboxylic acids is 2. The number of nitrogens with zero attached hydrogens (tertiary/aromatic N) is 1. The molecular formula is C12H11N3O2. The summed E-state index contributed by atoms with van der Waals surface area (Å²) in [7, 11) is 1.87. The van der Waals surface area contributed by atoms with Crippen LogP contribution in [0.2, 0.25) is 0 Å². The summed E-state index contributed by atoms with van der Waals surface area (Å²) in [4.78, 5) is 23.4. The molecule has 1 aromatic carbocycles. The lowest BCUT2D eigenvalue weighted by Gasteiger charge is -2.02. The van der Waals surface area contributed by atoms with Gasteiger partial charge in [0, 0.05) is 23.6 Å². The SMILES string of the molecule is Cn1c2c(c3ccccc31)C(=O)NNC(=O)C2. The van der Waals surface area contributed by atoms with Crippen molar-refractivity contribution in [2.75, 3.05) is 0 Å². The molecule has 3 rings (SSSR count). The molecular weight excluding hydrogens is 218 g/mol. The number of para-hydroxylation sites is 1. The van der Waals surface area contributed by atoms with Gasteiger partial charge in [-0.25, -0.2) is 0 Å². The van der Waals surface area contributed by atoms with Crippen molar-refractivity contribution >= 4 is 22.7 Å². The lowest BCUT2D eigenvalue weighted by molar-refractivity contribution is -0.121. The number of fused-ring (bicyclic) bond motifs is 3. The van der Waals surface area contributed by atoms with Gasteiger partial charge in [0.05, 0.1) is 12.0 Å². The van der Waals surface area contributed by atoms with Gasteiger partial charge in [-0.05, 0) is 6.07 Å². The summed E-state index contributed by atoms with van der Waals surface area (Å²) < 4.78 is 1.90. The fourth-order valence-corrected chi connectivity index (χ4v) is 2.29. The number of hydrazine groups is 1. The van der Waals surface area contributed by atoms with Crippen LogP contribution in [0, 0.1) is 0 Å². The second-order valence-corrected chi connectivity index (χ2v) is 4.08. The van der Waals surface area contributed by atoms with Crippen LogP contribution in [-0.4, -0.2) is 16.4 Å². The predicted octanol–water partition coefficient (Wildman–Crippen LogP) is 0.495. The molecule has 0 radical (unpaired) electrons. The second kappa shape index (κ2) is 3.35. The number of carbonyl (C=O) groups is 2. The molecule has 0 aliphatic carbocycles. The molecule has 0 unspecified atom stereocenters. The maximum absolute atomic E-state index is 11.9. The normalized spacial score (nSPS) is 15.1. The first-order valence-corrected chi connectivity index (χ1v) is 5.34. The van der Waals surface area contributed by atoms with Crippen LogP contribution in [0.15, 0.2) is 24.3 Å². The molecule has 1 aromatic heterocycles. The van der Waals surface area contributed by atoms with Gasteiger partial charge in [0.2, 0.25) is 5.91 Å². The number of hydrogen-bond donors (Lipinski definition) is 2. The van der Waals surface area contributed by atoms with Crippen LogP contribution >= 0.6 is 0 Å². The Hall–Kier alpha value is -2.30.